The van der Waals surface area contributed by atoms with Gasteiger partial charge in [0, 0.05) is 40.0 Å². The van der Waals surface area contributed by atoms with Crippen molar-refractivity contribution in [3.05, 3.63) is 0 Å². The third-order valence-corrected chi connectivity index (χ3v) is 2.08. The van der Waals surface area contributed by atoms with Gasteiger partial charge in [0.05, 0.1) is 0 Å². The van der Waals surface area contributed by atoms with Gasteiger partial charge in [-0.15, -0.1) is 0 Å². The Hall–Kier alpha value is -0.120. The molecule has 0 amide bonds. The minimum Gasteiger partial charge on any atom is -0.396 e. The molecule has 3 heteroatoms. The maximum atomic E-state index is 8.77. The predicted octanol–water partition coefficient (Wildman–Crippen LogP) is 1.36. The van der Waals surface area contributed by atoms with Crippen molar-refractivity contribution in [2.45, 2.75) is 26.7 Å². The van der Waals surface area contributed by atoms with E-state index < -0.39 is 0 Å². The summed E-state index contributed by atoms with van der Waals surface area (Å²) in [5.41, 5.74) is 0. The molecule has 0 aromatic rings. The lowest BCUT2D eigenvalue weighted by Crippen LogP contribution is -2.31. The van der Waals surface area contributed by atoms with Crippen molar-refractivity contribution in [2.75, 3.05) is 40.0 Å². The Labute approximate surface area is 88.1 Å². The van der Waals surface area contributed by atoms with Crippen LogP contribution in [0, 0.1) is 5.92 Å². The van der Waals surface area contributed by atoms with E-state index in [0.717, 1.165) is 39.1 Å². The van der Waals surface area contributed by atoms with Gasteiger partial charge >= 0.3 is 0 Å². The van der Waals surface area contributed by atoms with Crippen LogP contribution in [0.25, 0.3) is 0 Å². The van der Waals surface area contributed by atoms with Crippen molar-refractivity contribution in [2.24, 2.45) is 5.92 Å². The summed E-state index contributed by atoms with van der Waals surface area (Å²) < 4.78 is 5.03. The van der Waals surface area contributed by atoms with Gasteiger partial charge in [-0.2, -0.15) is 0 Å². The molecule has 0 aromatic carbocycles. The molecule has 0 heterocycles. The second kappa shape index (κ2) is 9.44. The topological polar surface area (TPSA) is 32.7 Å². The molecule has 14 heavy (non-hydrogen) atoms. The second-order valence-electron chi connectivity index (χ2n) is 4.12. The minimum absolute atomic E-state index is 0.291. The molecule has 0 unspecified atom stereocenters. The Kier molecular flexibility index (Phi) is 9.35. The molecule has 0 atom stereocenters. The normalized spacial score (nSPS) is 11.6. The van der Waals surface area contributed by atoms with Gasteiger partial charge in [-0.05, 0) is 18.8 Å². The lowest BCUT2D eigenvalue weighted by atomic mass is 10.2. The van der Waals surface area contributed by atoms with E-state index in [4.69, 9.17) is 9.84 Å². The smallest absolute Gasteiger partial charge is 0.0474 e. The summed E-state index contributed by atoms with van der Waals surface area (Å²) in [6.07, 6.45) is 1.95. The van der Waals surface area contributed by atoms with E-state index in [1.54, 1.807) is 7.11 Å². The van der Waals surface area contributed by atoms with E-state index in [2.05, 4.69) is 18.7 Å². The lowest BCUT2D eigenvalue weighted by molar-refractivity contribution is 0.159. The van der Waals surface area contributed by atoms with E-state index in [-0.39, 0.29) is 0 Å². The molecule has 0 saturated carbocycles. The minimum atomic E-state index is 0.291. The van der Waals surface area contributed by atoms with E-state index in [1.807, 2.05) is 0 Å². The molecule has 0 fully saturated rings. The zero-order chi connectivity index (χ0) is 10.8. The highest BCUT2D eigenvalue weighted by atomic mass is 16.5. The van der Waals surface area contributed by atoms with Crippen LogP contribution >= 0.6 is 0 Å². The first-order valence-corrected chi connectivity index (χ1v) is 5.52. The van der Waals surface area contributed by atoms with Gasteiger partial charge in [-0.25, -0.2) is 0 Å². The maximum absolute atomic E-state index is 8.77. The number of aliphatic hydroxyl groups is 1. The quantitative estimate of drug-likeness (QED) is 0.574. The van der Waals surface area contributed by atoms with Crippen LogP contribution in [-0.2, 0) is 4.74 Å². The van der Waals surface area contributed by atoms with Crippen LogP contribution in [0.3, 0.4) is 0 Å². The number of nitrogens with zero attached hydrogens (tertiary/aromatic N) is 1. The van der Waals surface area contributed by atoms with Crippen molar-refractivity contribution < 1.29 is 9.84 Å². The summed E-state index contributed by atoms with van der Waals surface area (Å²) >= 11 is 0. The monoisotopic (exact) mass is 203 g/mol. The summed E-state index contributed by atoms with van der Waals surface area (Å²) in [5.74, 6) is 0.691. The zero-order valence-electron chi connectivity index (χ0n) is 9.83. The van der Waals surface area contributed by atoms with Crippen molar-refractivity contribution in [1.82, 2.24) is 4.90 Å². The van der Waals surface area contributed by atoms with Gasteiger partial charge in [-0.1, -0.05) is 13.8 Å². The maximum Gasteiger partial charge on any atom is 0.0474 e. The first-order chi connectivity index (χ1) is 6.70. The fourth-order valence-electron chi connectivity index (χ4n) is 1.54. The molecular formula is C11H25NO2. The molecule has 0 aliphatic carbocycles. The Morgan fingerprint density at radius 2 is 1.86 bits per heavy atom. The Bertz CT molecular complexity index is 118. The molecule has 0 radical (unpaired) electrons. The fourth-order valence-corrected chi connectivity index (χ4v) is 1.54. The molecular weight excluding hydrogens is 178 g/mol. The van der Waals surface area contributed by atoms with Crippen molar-refractivity contribution in [3.8, 4) is 0 Å². The Balaban J connectivity index is 3.61. The summed E-state index contributed by atoms with van der Waals surface area (Å²) in [7, 11) is 1.74. The van der Waals surface area contributed by atoms with Gasteiger partial charge in [-0.3, -0.25) is 0 Å². The average molecular weight is 203 g/mol. The van der Waals surface area contributed by atoms with E-state index in [0.29, 0.717) is 12.5 Å². The van der Waals surface area contributed by atoms with Gasteiger partial charge in [0.2, 0.25) is 0 Å². The number of hydrogen-bond acceptors (Lipinski definition) is 3. The van der Waals surface area contributed by atoms with Crippen LogP contribution in [0.1, 0.15) is 26.7 Å². The third kappa shape index (κ3) is 8.48. The lowest BCUT2D eigenvalue weighted by Gasteiger charge is -2.23. The van der Waals surface area contributed by atoms with Crippen LogP contribution < -0.4 is 0 Å². The van der Waals surface area contributed by atoms with Crippen LogP contribution in [0.15, 0.2) is 0 Å². The third-order valence-electron chi connectivity index (χ3n) is 2.08. The molecule has 0 aromatic heterocycles. The van der Waals surface area contributed by atoms with Crippen molar-refractivity contribution >= 4 is 0 Å². The molecule has 86 valence electrons. The first-order valence-electron chi connectivity index (χ1n) is 5.52. The highest BCUT2D eigenvalue weighted by Gasteiger charge is 2.06. The number of aliphatic hydroxyl groups excluding tert-OH is 1. The standard InChI is InChI=1S/C11H25NO2/c1-11(2)10-12(6-4-8-13)7-5-9-14-3/h11,13H,4-10H2,1-3H3. The number of ether oxygens (including phenoxy) is 1. The molecule has 1 N–H and O–H groups in total. The second-order valence-corrected chi connectivity index (χ2v) is 4.12. The highest BCUT2D eigenvalue weighted by molar-refractivity contribution is 4.60. The summed E-state index contributed by atoms with van der Waals surface area (Å²) in [6, 6.07) is 0. The molecule has 0 saturated heterocycles. The van der Waals surface area contributed by atoms with Crippen LogP contribution in [0.4, 0.5) is 0 Å². The largest absolute Gasteiger partial charge is 0.396 e. The summed E-state index contributed by atoms with van der Waals surface area (Å²) in [4.78, 5) is 2.40. The van der Waals surface area contributed by atoms with Gasteiger partial charge in [0.15, 0.2) is 0 Å². The van der Waals surface area contributed by atoms with Gasteiger partial charge in [0.25, 0.3) is 0 Å². The van der Waals surface area contributed by atoms with Gasteiger partial charge in [0.1, 0.15) is 0 Å². The molecule has 0 aliphatic rings. The fraction of sp³-hybridized carbons (Fsp3) is 1.00. The predicted molar refractivity (Wildman–Crippen MR) is 59.5 cm³/mol. The van der Waals surface area contributed by atoms with Crippen molar-refractivity contribution in [3.63, 3.8) is 0 Å². The summed E-state index contributed by atoms with van der Waals surface area (Å²) in [6.45, 7) is 8.76. The van der Waals surface area contributed by atoms with E-state index >= 15 is 0 Å². The van der Waals surface area contributed by atoms with Crippen LogP contribution in [0.2, 0.25) is 0 Å². The SMILES string of the molecule is COCCCN(CCCO)CC(C)C. The number of methoxy groups -OCH3 is 1. The number of rotatable bonds is 9. The molecule has 0 rings (SSSR count). The van der Waals surface area contributed by atoms with E-state index in [1.165, 1.54) is 0 Å². The molecule has 0 spiro atoms. The Morgan fingerprint density at radius 1 is 1.21 bits per heavy atom. The van der Waals surface area contributed by atoms with Crippen molar-refractivity contribution in [1.29, 1.82) is 0 Å². The number of hydrogen-bond donors (Lipinski definition) is 1. The molecule has 3 nitrogen and oxygen atoms in total. The Morgan fingerprint density at radius 3 is 2.36 bits per heavy atom. The van der Waals surface area contributed by atoms with Crippen LogP contribution in [-0.4, -0.2) is 50.0 Å². The van der Waals surface area contributed by atoms with Gasteiger partial charge < -0.3 is 14.7 Å². The van der Waals surface area contributed by atoms with E-state index in [9.17, 15) is 0 Å². The summed E-state index contributed by atoms with van der Waals surface area (Å²) in [5, 5.41) is 8.77. The molecule has 0 aliphatic heterocycles. The highest BCUT2D eigenvalue weighted by Crippen LogP contribution is 2.01. The van der Waals surface area contributed by atoms with Crippen LogP contribution in [0.5, 0.6) is 0 Å². The average Bonchev–Trinajstić information content (AvgIpc) is 2.13. The first kappa shape index (κ1) is 13.9. The zero-order valence-corrected chi connectivity index (χ0v) is 9.83. The molecule has 0 bridgehead atoms.